The average Bonchev–Trinajstić information content (AvgIpc) is 2.53. The number of hydrogen-bond acceptors (Lipinski definition) is 3. The van der Waals surface area contributed by atoms with E-state index >= 15 is 0 Å². The summed E-state index contributed by atoms with van der Waals surface area (Å²) in [6.45, 7) is 0. The topological polar surface area (TPSA) is 69.4 Å². The zero-order valence-electron chi connectivity index (χ0n) is 12.3. The Hall–Kier alpha value is -1.79. The molecule has 0 spiro atoms. The summed E-state index contributed by atoms with van der Waals surface area (Å²) in [6.07, 6.45) is 0. The summed E-state index contributed by atoms with van der Waals surface area (Å²) in [5.41, 5.74) is -0.114. The van der Waals surface area contributed by atoms with Crippen LogP contribution in [0.4, 0.5) is 0 Å². The molecule has 0 bridgehead atoms. The maximum Gasteiger partial charge on any atom is 0.238 e. The largest absolute Gasteiger partial charge is 0.470 e. The van der Waals surface area contributed by atoms with Gasteiger partial charge in [0.1, 0.15) is 5.75 Å². The van der Waals surface area contributed by atoms with Crippen LogP contribution in [0.5, 0.6) is 5.75 Å². The summed E-state index contributed by atoms with van der Waals surface area (Å²) in [5, 5.41) is 7.22. The molecular weight excluding hydrogens is 369 g/mol. The Morgan fingerprint density at radius 2 is 1.67 bits per heavy atom. The van der Waals surface area contributed by atoms with Gasteiger partial charge < -0.3 is 4.74 Å². The monoisotopic (exact) mass is 381 g/mol. The van der Waals surface area contributed by atoms with Crippen LogP contribution in [0.3, 0.4) is 0 Å². The molecule has 0 heterocycles. The van der Waals surface area contributed by atoms with Crippen molar-refractivity contribution in [2.75, 3.05) is 0 Å². The van der Waals surface area contributed by atoms with Gasteiger partial charge in [-0.1, -0.05) is 53.5 Å². The number of ether oxygens (including phenoxy) is 1. The third kappa shape index (κ3) is 3.65. The number of halogens is 2. The minimum Gasteiger partial charge on any atom is -0.470 e. The Morgan fingerprint density at radius 3 is 2.38 bits per heavy atom. The predicted molar refractivity (Wildman–Crippen MR) is 96.0 cm³/mol. The quantitative estimate of drug-likeness (QED) is 0.678. The van der Waals surface area contributed by atoms with Gasteiger partial charge in [0, 0.05) is 10.6 Å². The molecule has 124 valence electrons. The molecule has 0 radical (unpaired) electrons. The zero-order valence-corrected chi connectivity index (χ0v) is 14.6. The first-order valence-corrected chi connectivity index (χ1v) is 9.32. The zero-order chi connectivity index (χ0) is 17.3. The fraction of sp³-hybridized carbons (Fsp3) is 0.0588. The highest BCUT2D eigenvalue weighted by atomic mass is 35.5. The molecular formula is C17H13Cl2NO3S. The van der Waals surface area contributed by atoms with E-state index in [4.69, 9.17) is 33.1 Å². The minimum absolute atomic E-state index is 0.0423. The summed E-state index contributed by atoms with van der Waals surface area (Å²) >= 11 is 12.4. The number of alkyl halides is 1. The Morgan fingerprint density at radius 1 is 0.958 bits per heavy atom. The van der Waals surface area contributed by atoms with E-state index in [1.165, 1.54) is 12.1 Å². The molecule has 4 nitrogen and oxygen atoms in total. The van der Waals surface area contributed by atoms with E-state index in [1.54, 1.807) is 36.4 Å². The molecule has 0 fully saturated rings. The first-order chi connectivity index (χ1) is 11.3. The number of sulfonamides is 1. The molecule has 3 aromatic carbocycles. The van der Waals surface area contributed by atoms with Crippen molar-refractivity contribution in [1.29, 1.82) is 0 Å². The van der Waals surface area contributed by atoms with Gasteiger partial charge in [-0.2, -0.15) is 0 Å². The van der Waals surface area contributed by atoms with E-state index in [0.717, 1.165) is 5.39 Å². The van der Waals surface area contributed by atoms with E-state index in [-0.39, 0.29) is 4.90 Å². The summed E-state index contributed by atoms with van der Waals surface area (Å²) < 4.78 is 28.7. The van der Waals surface area contributed by atoms with Gasteiger partial charge in [0.25, 0.3) is 0 Å². The Bertz CT molecular complexity index is 1010. The molecule has 24 heavy (non-hydrogen) atoms. The van der Waals surface area contributed by atoms with E-state index in [9.17, 15) is 8.42 Å². The van der Waals surface area contributed by atoms with Crippen LogP contribution >= 0.6 is 23.2 Å². The molecule has 0 aromatic heterocycles. The van der Waals surface area contributed by atoms with Crippen LogP contribution in [0, 0.1) is 0 Å². The number of hydrogen-bond donors (Lipinski definition) is 1. The lowest BCUT2D eigenvalue weighted by Crippen LogP contribution is -2.11. The fourth-order valence-electron chi connectivity index (χ4n) is 2.30. The fourth-order valence-corrected chi connectivity index (χ4v) is 3.43. The van der Waals surface area contributed by atoms with E-state index < -0.39 is 15.6 Å². The standard InChI is InChI=1S/C17H13Cl2NO3S/c18-16-4-2-1-3-15(16)17(19)23-13-7-5-11-6-8-14(24(20,21)22)10-12(11)9-13/h1-10,17H,(H2,20,21,22). The lowest BCUT2D eigenvalue weighted by molar-refractivity contribution is 0.289. The second-order valence-electron chi connectivity index (χ2n) is 5.17. The Labute approximate surface area is 149 Å². The van der Waals surface area contributed by atoms with Gasteiger partial charge >= 0.3 is 0 Å². The number of benzene rings is 3. The molecule has 3 rings (SSSR count). The van der Waals surface area contributed by atoms with Crippen molar-refractivity contribution < 1.29 is 13.2 Å². The van der Waals surface area contributed by atoms with Crippen LogP contribution in [0.1, 0.15) is 11.1 Å². The van der Waals surface area contributed by atoms with Crippen molar-refractivity contribution in [3.05, 3.63) is 71.2 Å². The third-order valence-corrected chi connectivity index (χ3v) is 5.08. The number of nitrogens with two attached hydrogens (primary N) is 1. The number of fused-ring (bicyclic) bond motifs is 1. The van der Waals surface area contributed by atoms with Gasteiger partial charge in [-0.25, -0.2) is 13.6 Å². The maximum atomic E-state index is 11.5. The second kappa shape index (κ2) is 6.61. The SMILES string of the molecule is NS(=O)(=O)c1ccc2ccc(OC(Cl)c3ccccc3Cl)cc2c1. The van der Waals surface area contributed by atoms with Gasteiger partial charge in [0.15, 0.2) is 5.56 Å². The molecule has 0 aliphatic heterocycles. The van der Waals surface area contributed by atoms with Gasteiger partial charge in [-0.3, -0.25) is 0 Å². The molecule has 0 aliphatic rings. The molecule has 0 saturated carbocycles. The van der Waals surface area contributed by atoms with Gasteiger partial charge in [-0.05, 0) is 41.1 Å². The summed E-state index contributed by atoms with van der Waals surface area (Å²) in [5.74, 6) is 0.494. The van der Waals surface area contributed by atoms with Crippen LogP contribution in [0.2, 0.25) is 5.02 Å². The van der Waals surface area contributed by atoms with Crippen LogP contribution in [-0.2, 0) is 10.0 Å². The van der Waals surface area contributed by atoms with Gasteiger partial charge in [0.05, 0.1) is 4.90 Å². The van der Waals surface area contributed by atoms with Crippen LogP contribution in [0.25, 0.3) is 10.8 Å². The van der Waals surface area contributed by atoms with E-state index in [0.29, 0.717) is 21.7 Å². The van der Waals surface area contributed by atoms with Gasteiger partial charge in [0.2, 0.25) is 10.0 Å². The Kier molecular flexibility index (Phi) is 4.69. The number of rotatable bonds is 4. The molecule has 7 heteroatoms. The van der Waals surface area contributed by atoms with Crippen molar-refractivity contribution in [1.82, 2.24) is 0 Å². The normalized spacial score (nSPS) is 13.0. The highest BCUT2D eigenvalue weighted by Gasteiger charge is 2.14. The maximum absolute atomic E-state index is 11.5. The van der Waals surface area contributed by atoms with Crippen LogP contribution in [0.15, 0.2) is 65.6 Å². The highest BCUT2D eigenvalue weighted by molar-refractivity contribution is 7.89. The molecule has 3 aromatic rings. The molecule has 1 atom stereocenters. The first-order valence-electron chi connectivity index (χ1n) is 6.96. The summed E-state index contributed by atoms with van der Waals surface area (Å²) in [4.78, 5) is 0.0423. The van der Waals surface area contributed by atoms with E-state index in [1.807, 2.05) is 12.1 Å². The molecule has 2 N–H and O–H groups in total. The molecule has 0 saturated heterocycles. The number of primary sulfonamides is 1. The van der Waals surface area contributed by atoms with Crippen molar-refractivity contribution >= 4 is 44.0 Å². The van der Waals surface area contributed by atoms with Crippen molar-refractivity contribution in [3.8, 4) is 5.75 Å². The van der Waals surface area contributed by atoms with Crippen molar-refractivity contribution in [3.63, 3.8) is 0 Å². The molecule has 0 aliphatic carbocycles. The van der Waals surface area contributed by atoms with Crippen molar-refractivity contribution in [2.24, 2.45) is 5.14 Å². The predicted octanol–water partition coefficient (Wildman–Crippen LogP) is 4.46. The summed E-state index contributed by atoms with van der Waals surface area (Å²) in [6, 6.07) is 17.1. The lowest BCUT2D eigenvalue weighted by Gasteiger charge is -2.15. The van der Waals surface area contributed by atoms with E-state index in [2.05, 4.69) is 0 Å². The molecule has 1 unspecified atom stereocenters. The van der Waals surface area contributed by atoms with Crippen molar-refractivity contribution in [2.45, 2.75) is 10.5 Å². The third-order valence-electron chi connectivity index (χ3n) is 3.50. The van der Waals surface area contributed by atoms with Gasteiger partial charge in [-0.15, -0.1) is 0 Å². The highest BCUT2D eigenvalue weighted by Crippen LogP contribution is 2.32. The smallest absolute Gasteiger partial charge is 0.238 e. The minimum atomic E-state index is -3.76. The Balaban J connectivity index is 1.94. The van der Waals surface area contributed by atoms with Crippen LogP contribution in [-0.4, -0.2) is 8.42 Å². The second-order valence-corrected chi connectivity index (χ2v) is 7.54. The first kappa shape index (κ1) is 17.0. The summed E-state index contributed by atoms with van der Waals surface area (Å²) in [7, 11) is -3.76. The molecule has 0 amide bonds. The van der Waals surface area contributed by atoms with Crippen LogP contribution < -0.4 is 9.88 Å². The average molecular weight is 382 g/mol. The lowest BCUT2D eigenvalue weighted by atomic mass is 10.1.